The van der Waals surface area contributed by atoms with Gasteiger partial charge in [0.15, 0.2) is 10.9 Å². The van der Waals surface area contributed by atoms with Gasteiger partial charge >= 0.3 is 0 Å². The molecule has 2 aromatic rings. The quantitative estimate of drug-likeness (QED) is 0.855. The van der Waals surface area contributed by atoms with Crippen molar-refractivity contribution in [3.8, 4) is 5.88 Å². The largest absolute Gasteiger partial charge is 0.477 e. The highest BCUT2D eigenvalue weighted by molar-refractivity contribution is 6.29. The van der Waals surface area contributed by atoms with E-state index in [0.717, 1.165) is 31.7 Å². The van der Waals surface area contributed by atoms with E-state index in [1.165, 1.54) is 0 Å². The minimum Gasteiger partial charge on any atom is -0.477 e. The van der Waals surface area contributed by atoms with Crippen molar-refractivity contribution in [1.29, 1.82) is 0 Å². The lowest BCUT2D eigenvalue weighted by molar-refractivity contribution is 0.0893. The SMILES string of the molecule is CC(C)C1CNCC[C@@]1(CCOc1ccc(Cl)nn1)c1cnno1. The summed E-state index contributed by atoms with van der Waals surface area (Å²) in [6.07, 6.45) is 3.50. The topological polar surface area (TPSA) is 86.0 Å². The van der Waals surface area contributed by atoms with Crippen LogP contribution in [0, 0.1) is 11.8 Å². The molecule has 0 radical (unpaired) electrons. The molecule has 0 bridgehead atoms. The van der Waals surface area contributed by atoms with Gasteiger partial charge in [-0.3, -0.25) is 0 Å². The van der Waals surface area contributed by atoms with Crippen LogP contribution in [-0.2, 0) is 5.41 Å². The maximum atomic E-state index is 5.78. The van der Waals surface area contributed by atoms with E-state index in [9.17, 15) is 0 Å². The van der Waals surface area contributed by atoms with Crippen LogP contribution in [0.1, 0.15) is 32.4 Å². The van der Waals surface area contributed by atoms with E-state index in [0.29, 0.717) is 29.5 Å². The van der Waals surface area contributed by atoms with Crippen LogP contribution in [0.15, 0.2) is 22.9 Å². The fraction of sp³-hybridized carbons (Fsp3) is 0.625. The maximum absolute atomic E-state index is 5.78. The molecule has 1 aliphatic heterocycles. The molecule has 1 unspecified atom stereocenters. The van der Waals surface area contributed by atoms with Crippen molar-refractivity contribution in [1.82, 2.24) is 25.9 Å². The molecule has 0 spiro atoms. The summed E-state index contributed by atoms with van der Waals surface area (Å²) in [6.45, 7) is 6.87. The second kappa shape index (κ2) is 7.44. The first kappa shape index (κ1) is 17.1. The molecular formula is C16H22ClN5O2. The zero-order valence-electron chi connectivity index (χ0n) is 13.9. The summed E-state index contributed by atoms with van der Waals surface area (Å²) in [5, 5.41) is 19.2. The number of halogens is 1. The fourth-order valence-corrected chi connectivity index (χ4v) is 3.77. The van der Waals surface area contributed by atoms with Crippen LogP contribution in [0.5, 0.6) is 5.88 Å². The third-order valence-electron chi connectivity index (χ3n) is 4.88. The molecule has 130 valence electrons. The molecule has 1 N–H and O–H groups in total. The van der Waals surface area contributed by atoms with Crippen LogP contribution in [0.4, 0.5) is 0 Å². The molecule has 0 aliphatic carbocycles. The predicted octanol–water partition coefficient (Wildman–Crippen LogP) is 2.49. The molecule has 0 aromatic carbocycles. The lowest BCUT2D eigenvalue weighted by Gasteiger charge is -2.44. The number of piperidine rings is 1. The average Bonchev–Trinajstić information content (AvgIpc) is 3.12. The summed E-state index contributed by atoms with van der Waals surface area (Å²) in [7, 11) is 0. The van der Waals surface area contributed by atoms with Gasteiger partial charge in [0, 0.05) is 16.8 Å². The van der Waals surface area contributed by atoms with Crippen molar-refractivity contribution in [3.63, 3.8) is 0 Å². The summed E-state index contributed by atoms with van der Waals surface area (Å²) in [5.74, 6) is 2.23. The first-order chi connectivity index (χ1) is 11.6. The number of rotatable bonds is 6. The zero-order chi connectivity index (χ0) is 17.0. The standard InChI is InChI=1S/C16H22ClN5O2/c1-11(2)12-9-18-7-5-16(12,13-10-19-22-24-13)6-8-23-15-4-3-14(17)20-21-15/h3-4,10-12,18H,5-9H2,1-2H3/t12?,16-/m0/s1. The van der Waals surface area contributed by atoms with E-state index >= 15 is 0 Å². The van der Waals surface area contributed by atoms with Gasteiger partial charge in [0.25, 0.3) is 0 Å². The molecule has 1 fully saturated rings. The van der Waals surface area contributed by atoms with E-state index in [2.05, 4.69) is 39.7 Å². The van der Waals surface area contributed by atoms with E-state index < -0.39 is 0 Å². The van der Waals surface area contributed by atoms with Crippen LogP contribution in [0.2, 0.25) is 5.15 Å². The van der Waals surface area contributed by atoms with Gasteiger partial charge in [-0.2, -0.15) is 0 Å². The molecule has 1 saturated heterocycles. The number of hydrogen-bond acceptors (Lipinski definition) is 7. The van der Waals surface area contributed by atoms with E-state index in [1.54, 1.807) is 18.3 Å². The summed E-state index contributed by atoms with van der Waals surface area (Å²) < 4.78 is 11.3. The van der Waals surface area contributed by atoms with Crippen molar-refractivity contribution < 1.29 is 9.26 Å². The first-order valence-corrected chi connectivity index (χ1v) is 8.60. The van der Waals surface area contributed by atoms with Gasteiger partial charge in [0.05, 0.1) is 12.8 Å². The van der Waals surface area contributed by atoms with Crippen molar-refractivity contribution >= 4 is 11.6 Å². The predicted molar refractivity (Wildman–Crippen MR) is 88.9 cm³/mol. The van der Waals surface area contributed by atoms with Gasteiger partial charge in [-0.1, -0.05) is 25.4 Å². The van der Waals surface area contributed by atoms with Gasteiger partial charge in [-0.05, 0) is 43.8 Å². The van der Waals surface area contributed by atoms with Crippen LogP contribution in [-0.4, -0.2) is 40.3 Å². The Labute approximate surface area is 146 Å². The highest BCUT2D eigenvalue weighted by Crippen LogP contribution is 2.43. The minimum absolute atomic E-state index is 0.136. The minimum atomic E-state index is -0.136. The molecule has 7 nitrogen and oxygen atoms in total. The Morgan fingerprint density at radius 1 is 1.42 bits per heavy atom. The van der Waals surface area contributed by atoms with Crippen LogP contribution < -0.4 is 10.1 Å². The van der Waals surface area contributed by atoms with Crippen LogP contribution >= 0.6 is 11.6 Å². The lowest BCUT2D eigenvalue weighted by Crippen LogP contribution is -2.50. The van der Waals surface area contributed by atoms with Gasteiger partial charge in [-0.15, -0.1) is 15.3 Å². The highest BCUT2D eigenvalue weighted by atomic mass is 35.5. The number of nitrogens with one attached hydrogen (secondary N) is 1. The molecule has 2 aromatic heterocycles. The fourth-order valence-electron chi connectivity index (χ4n) is 3.67. The summed E-state index contributed by atoms with van der Waals surface area (Å²) in [4.78, 5) is 0. The number of nitrogens with zero attached hydrogens (tertiary/aromatic N) is 4. The average molecular weight is 352 g/mol. The third-order valence-corrected chi connectivity index (χ3v) is 5.09. The Morgan fingerprint density at radius 2 is 2.29 bits per heavy atom. The molecule has 3 heterocycles. The van der Waals surface area contributed by atoms with E-state index in [4.69, 9.17) is 20.9 Å². The number of hydrogen-bond donors (Lipinski definition) is 1. The second-order valence-electron chi connectivity index (χ2n) is 6.54. The molecule has 3 rings (SSSR count). The third kappa shape index (κ3) is 3.52. The monoisotopic (exact) mass is 351 g/mol. The lowest BCUT2D eigenvalue weighted by atomic mass is 9.63. The normalized spacial score (nSPS) is 24.2. The second-order valence-corrected chi connectivity index (χ2v) is 6.92. The molecule has 1 aliphatic rings. The Morgan fingerprint density at radius 3 is 2.96 bits per heavy atom. The first-order valence-electron chi connectivity index (χ1n) is 8.22. The zero-order valence-corrected chi connectivity index (χ0v) is 14.7. The van der Waals surface area contributed by atoms with Crippen LogP contribution in [0.3, 0.4) is 0 Å². The van der Waals surface area contributed by atoms with Crippen molar-refractivity contribution in [2.24, 2.45) is 11.8 Å². The number of aromatic nitrogens is 4. The van der Waals surface area contributed by atoms with E-state index in [1.807, 2.05) is 0 Å². The molecule has 8 heteroatoms. The Bertz CT molecular complexity index is 634. The van der Waals surface area contributed by atoms with Gasteiger partial charge in [0.1, 0.15) is 0 Å². The van der Waals surface area contributed by atoms with Crippen molar-refractivity contribution in [3.05, 3.63) is 29.2 Å². The maximum Gasteiger partial charge on any atom is 0.233 e. The van der Waals surface area contributed by atoms with Crippen molar-refractivity contribution in [2.75, 3.05) is 19.7 Å². The Hall–Kier alpha value is -1.73. The van der Waals surface area contributed by atoms with Crippen molar-refractivity contribution in [2.45, 2.75) is 32.1 Å². The Kier molecular flexibility index (Phi) is 5.30. The summed E-state index contributed by atoms with van der Waals surface area (Å²) in [5.41, 5.74) is -0.136. The van der Waals surface area contributed by atoms with Gasteiger partial charge in [-0.25, -0.2) is 0 Å². The Balaban J connectivity index is 1.76. The molecular weight excluding hydrogens is 330 g/mol. The highest BCUT2D eigenvalue weighted by Gasteiger charge is 2.46. The van der Waals surface area contributed by atoms with Gasteiger partial charge in [0.2, 0.25) is 5.88 Å². The number of ether oxygens (including phenoxy) is 1. The summed E-state index contributed by atoms with van der Waals surface area (Å²) >= 11 is 5.75. The summed E-state index contributed by atoms with van der Waals surface area (Å²) in [6, 6.07) is 3.39. The van der Waals surface area contributed by atoms with Gasteiger partial charge < -0.3 is 14.6 Å². The molecule has 0 saturated carbocycles. The smallest absolute Gasteiger partial charge is 0.233 e. The van der Waals surface area contributed by atoms with E-state index in [-0.39, 0.29) is 5.41 Å². The molecule has 2 atom stereocenters. The molecule has 24 heavy (non-hydrogen) atoms. The molecule has 0 amide bonds. The van der Waals surface area contributed by atoms with Crippen LogP contribution in [0.25, 0.3) is 0 Å².